The number of piperidine rings is 1. The summed E-state index contributed by atoms with van der Waals surface area (Å²) in [4.78, 5) is 19.8. The monoisotopic (exact) mass is 545 g/mol. The van der Waals surface area contributed by atoms with E-state index in [2.05, 4.69) is 0 Å². The summed E-state index contributed by atoms with van der Waals surface area (Å²) in [5.74, 6) is -2.31. The number of benzene rings is 2. The molecule has 0 atom stereocenters. The number of sulfonamides is 1. The minimum absolute atomic E-state index is 0.0878. The van der Waals surface area contributed by atoms with E-state index in [1.165, 1.54) is 15.6 Å². The molecule has 7 nitrogen and oxygen atoms in total. The van der Waals surface area contributed by atoms with Crippen molar-refractivity contribution in [1.82, 2.24) is 9.29 Å². The molecule has 5 rings (SSSR count). The fraction of sp³-hybridized carbons (Fsp3) is 0.308. The summed E-state index contributed by atoms with van der Waals surface area (Å²) in [6.07, 6.45) is 2.13. The number of rotatable bonds is 6. The highest BCUT2D eigenvalue weighted by Crippen LogP contribution is 2.35. The Hall–Kier alpha value is -3.15. The summed E-state index contributed by atoms with van der Waals surface area (Å²) in [6, 6.07) is 10.2. The van der Waals surface area contributed by atoms with E-state index in [1.54, 1.807) is 23.3 Å². The van der Waals surface area contributed by atoms with E-state index in [4.69, 9.17) is 9.40 Å². The Morgan fingerprint density at radius 3 is 2.57 bits per heavy atom. The molecule has 11 heteroatoms. The number of nitrogens with zero attached hydrogens (tertiary/aromatic N) is 3. The van der Waals surface area contributed by atoms with Crippen LogP contribution < -0.4 is 4.90 Å². The third kappa shape index (κ3) is 5.03. The van der Waals surface area contributed by atoms with Crippen molar-refractivity contribution in [1.29, 1.82) is 0 Å². The van der Waals surface area contributed by atoms with Gasteiger partial charge in [-0.25, -0.2) is 22.2 Å². The smallest absolute Gasteiger partial charge is 0.243 e. The maximum atomic E-state index is 13.8. The van der Waals surface area contributed by atoms with Gasteiger partial charge in [-0.1, -0.05) is 17.4 Å². The molecule has 1 fully saturated rings. The standard InChI is InChI=1S/C26H25F2N3O4S2/c1-16-12-17(2)24-23(13-16)36-26(29-24)31(15-19-4-3-11-35-19)25(32)18-7-9-30(10-8-18)37(33,34)20-5-6-21(27)22(28)14-20/h3-6,11-14,18H,7-10,15H2,1-2H3. The molecule has 37 heavy (non-hydrogen) atoms. The summed E-state index contributed by atoms with van der Waals surface area (Å²) in [5.41, 5.74) is 2.98. The predicted octanol–water partition coefficient (Wildman–Crippen LogP) is 5.42. The van der Waals surface area contributed by atoms with Crippen LogP contribution in [0.4, 0.5) is 13.9 Å². The number of halogens is 2. The molecule has 0 radical (unpaired) electrons. The van der Waals surface area contributed by atoms with E-state index >= 15 is 0 Å². The summed E-state index contributed by atoms with van der Waals surface area (Å²) in [7, 11) is -4.01. The van der Waals surface area contributed by atoms with Crippen molar-refractivity contribution in [3.8, 4) is 0 Å². The Labute approximate surface area is 217 Å². The molecular weight excluding hydrogens is 520 g/mol. The average Bonchev–Trinajstić information content (AvgIpc) is 3.54. The SMILES string of the molecule is Cc1cc(C)c2nc(N(Cc3ccco3)C(=O)C3CCN(S(=O)(=O)c4ccc(F)c(F)c4)CC3)sc2c1. The predicted molar refractivity (Wildman–Crippen MR) is 137 cm³/mol. The van der Waals surface area contributed by atoms with Crippen molar-refractivity contribution in [3.05, 3.63) is 77.2 Å². The zero-order valence-electron chi connectivity index (χ0n) is 20.3. The molecule has 1 aliphatic rings. The average molecular weight is 546 g/mol. The van der Waals surface area contributed by atoms with E-state index in [1.807, 2.05) is 26.0 Å². The van der Waals surface area contributed by atoms with E-state index in [0.717, 1.165) is 33.5 Å². The van der Waals surface area contributed by atoms with Crippen molar-refractivity contribution in [3.63, 3.8) is 0 Å². The fourth-order valence-corrected chi connectivity index (χ4v) is 7.25. The van der Waals surface area contributed by atoms with Gasteiger partial charge in [-0.2, -0.15) is 4.31 Å². The van der Waals surface area contributed by atoms with E-state index < -0.39 is 27.6 Å². The van der Waals surface area contributed by atoms with Gasteiger partial charge in [0.25, 0.3) is 0 Å². The maximum Gasteiger partial charge on any atom is 0.243 e. The molecule has 0 N–H and O–H groups in total. The number of amides is 1. The Balaban J connectivity index is 1.37. The van der Waals surface area contributed by atoms with Crippen LogP contribution >= 0.6 is 11.3 Å². The zero-order chi connectivity index (χ0) is 26.3. The summed E-state index contributed by atoms with van der Waals surface area (Å²) in [6.45, 7) is 4.38. The molecule has 1 aliphatic heterocycles. The minimum Gasteiger partial charge on any atom is -0.467 e. The van der Waals surface area contributed by atoms with Gasteiger partial charge in [0.05, 0.1) is 27.9 Å². The van der Waals surface area contributed by atoms with Crippen molar-refractivity contribution < 1.29 is 26.4 Å². The van der Waals surface area contributed by atoms with Gasteiger partial charge in [0, 0.05) is 19.0 Å². The van der Waals surface area contributed by atoms with Gasteiger partial charge < -0.3 is 4.42 Å². The third-order valence-electron chi connectivity index (χ3n) is 6.54. The number of thiazole rings is 1. The van der Waals surface area contributed by atoms with Crippen LogP contribution in [0.5, 0.6) is 0 Å². The number of furan rings is 1. The second-order valence-corrected chi connectivity index (χ2v) is 12.1. The van der Waals surface area contributed by atoms with Gasteiger partial charge in [-0.3, -0.25) is 9.69 Å². The van der Waals surface area contributed by atoms with E-state index in [9.17, 15) is 22.0 Å². The van der Waals surface area contributed by atoms with Gasteiger partial charge in [-0.15, -0.1) is 0 Å². The van der Waals surface area contributed by atoms with Crippen LogP contribution in [0.2, 0.25) is 0 Å². The molecule has 1 amide bonds. The first kappa shape index (κ1) is 25.5. The molecule has 3 heterocycles. The molecule has 0 unspecified atom stereocenters. The lowest BCUT2D eigenvalue weighted by molar-refractivity contribution is -0.123. The first-order valence-electron chi connectivity index (χ1n) is 11.8. The van der Waals surface area contributed by atoms with Crippen molar-refractivity contribution in [2.75, 3.05) is 18.0 Å². The Morgan fingerprint density at radius 1 is 1.14 bits per heavy atom. The molecular formula is C26H25F2N3O4S2. The van der Waals surface area contributed by atoms with Crippen molar-refractivity contribution in [2.45, 2.75) is 38.1 Å². The summed E-state index contributed by atoms with van der Waals surface area (Å²) >= 11 is 1.43. The van der Waals surface area contributed by atoms with E-state index in [-0.39, 0.29) is 30.4 Å². The highest BCUT2D eigenvalue weighted by molar-refractivity contribution is 7.89. The van der Waals surface area contributed by atoms with Gasteiger partial charge in [0.2, 0.25) is 15.9 Å². The van der Waals surface area contributed by atoms with Crippen LogP contribution in [-0.4, -0.2) is 36.7 Å². The quantitative estimate of drug-likeness (QED) is 0.323. The lowest BCUT2D eigenvalue weighted by atomic mass is 9.96. The summed E-state index contributed by atoms with van der Waals surface area (Å²) in [5, 5.41) is 0.557. The molecule has 4 aromatic rings. The van der Waals surface area contributed by atoms with Gasteiger partial charge in [0.1, 0.15) is 5.76 Å². The van der Waals surface area contributed by atoms with Gasteiger partial charge in [0.15, 0.2) is 16.8 Å². The van der Waals surface area contributed by atoms with Crippen LogP contribution in [0.3, 0.4) is 0 Å². The molecule has 0 aliphatic carbocycles. The van der Waals surface area contributed by atoms with Crippen LogP contribution in [0.15, 0.2) is 58.0 Å². The number of hydrogen-bond acceptors (Lipinski definition) is 6. The first-order chi connectivity index (χ1) is 17.6. The van der Waals surface area contributed by atoms with Crippen molar-refractivity contribution >= 4 is 42.6 Å². The molecule has 194 valence electrons. The maximum absolute atomic E-state index is 13.8. The van der Waals surface area contributed by atoms with Gasteiger partial charge >= 0.3 is 0 Å². The number of carbonyl (C=O) groups is 1. The van der Waals surface area contributed by atoms with Crippen LogP contribution in [0.1, 0.15) is 29.7 Å². The second kappa shape index (κ2) is 9.96. The zero-order valence-corrected chi connectivity index (χ0v) is 21.9. The molecule has 1 saturated heterocycles. The molecule has 0 saturated carbocycles. The molecule has 2 aromatic carbocycles. The second-order valence-electron chi connectivity index (χ2n) is 9.18. The lowest BCUT2D eigenvalue weighted by Crippen LogP contribution is -2.44. The Kier molecular flexibility index (Phi) is 6.86. The first-order valence-corrected chi connectivity index (χ1v) is 14.1. The summed E-state index contributed by atoms with van der Waals surface area (Å²) < 4.78 is 60.6. The van der Waals surface area contributed by atoms with E-state index in [0.29, 0.717) is 29.8 Å². The Morgan fingerprint density at radius 2 is 1.89 bits per heavy atom. The van der Waals surface area contributed by atoms with Crippen LogP contribution in [-0.2, 0) is 21.4 Å². The third-order valence-corrected chi connectivity index (χ3v) is 9.46. The Bertz CT molecular complexity index is 1560. The number of aryl methyl sites for hydroxylation is 2. The fourth-order valence-electron chi connectivity index (χ4n) is 4.62. The highest BCUT2D eigenvalue weighted by atomic mass is 32.2. The minimum atomic E-state index is -4.01. The van der Waals surface area contributed by atoms with Crippen molar-refractivity contribution in [2.24, 2.45) is 5.92 Å². The topological polar surface area (TPSA) is 83.7 Å². The van der Waals surface area contributed by atoms with Gasteiger partial charge in [-0.05, 0) is 74.2 Å². The largest absolute Gasteiger partial charge is 0.467 e. The normalized spacial score (nSPS) is 15.4. The number of aromatic nitrogens is 1. The number of anilines is 1. The number of fused-ring (bicyclic) bond motifs is 1. The number of hydrogen-bond donors (Lipinski definition) is 0. The van der Waals surface area contributed by atoms with Crippen LogP contribution in [0, 0.1) is 31.4 Å². The van der Waals surface area contributed by atoms with Crippen LogP contribution in [0.25, 0.3) is 10.2 Å². The molecule has 0 bridgehead atoms. The highest BCUT2D eigenvalue weighted by Gasteiger charge is 2.35. The number of carbonyl (C=O) groups excluding carboxylic acids is 1. The molecule has 0 spiro atoms. The molecule has 2 aromatic heterocycles. The lowest BCUT2D eigenvalue weighted by Gasteiger charge is -2.32.